The summed E-state index contributed by atoms with van der Waals surface area (Å²) in [6.07, 6.45) is 6.23. The monoisotopic (exact) mass is 597 g/mol. The van der Waals surface area contributed by atoms with Crippen LogP contribution >= 0.6 is 0 Å². The molecule has 0 aliphatic carbocycles. The number of rotatable bonds is 9. The second-order valence-corrected chi connectivity index (χ2v) is 11.8. The Labute approximate surface area is 273 Å². The van der Waals surface area contributed by atoms with Gasteiger partial charge in [-0.25, -0.2) is 5.01 Å². The van der Waals surface area contributed by atoms with Gasteiger partial charge < -0.3 is 4.90 Å². The normalized spacial score (nSPS) is 11.3. The Hall–Kier alpha value is -5.67. The lowest BCUT2D eigenvalue weighted by Crippen LogP contribution is -2.09. The molecule has 46 heavy (non-hydrogen) atoms. The van der Waals surface area contributed by atoms with Crippen molar-refractivity contribution in [1.29, 1.82) is 0 Å². The molecular weight excluding hydrogens is 558 g/mol. The van der Waals surface area contributed by atoms with Crippen LogP contribution in [0.3, 0.4) is 0 Å². The van der Waals surface area contributed by atoms with Crippen LogP contribution in [0.15, 0.2) is 151 Å². The second-order valence-electron chi connectivity index (χ2n) is 11.8. The molecule has 6 aromatic carbocycles. The van der Waals surface area contributed by atoms with E-state index in [0.29, 0.717) is 0 Å². The van der Waals surface area contributed by atoms with Crippen molar-refractivity contribution < 1.29 is 0 Å². The molecule has 0 fully saturated rings. The van der Waals surface area contributed by atoms with E-state index in [2.05, 4.69) is 190 Å². The van der Waals surface area contributed by atoms with Gasteiger partial charge in [-0.05, 0) is 105 Å². The number of hydrazone groups is 1. The largest absolute Gasteiger partial charge is 0.311 e. The number of aryl methyl sites for hydroxylation is 4. The van der Waals surface area contributed by atoms with Crippen LogP contribution in [0.2, 0.25) is 0 Å². The first-order valence-electron chi connectivity index (χ1n) is 15.7. The molecule has 0 bridgehead atoms. The molecule has 6 rings (SSSR count). The maximum absolute atomic E-state index is 4.88. The Balaban J connectivity index is 1.17. The number of hydrogen-bond donors (Lipinski definition) is 0. The zero-order valence-corrected chi connectivity index (χ0v) is 26.9. The summed E-state index contributed by atoms with van der Waals surface area (Å²) < 4.78 is 0. The summed E-state index contributed by atoms with van der Waals surface area (Å²) in [5.41, 5.74) is 13.7. The van der Waals surface area contributed by atoms with Crippen molar-refractivity contribution in [2.24, 2.45) is 5.10 Å². The third-order valence-electron chi connectivity index (χ3n) is 8.02. The van der Waals surface area contributed by atoms with E-state index in [1.807, 2.05) is 11.2 Å². The maximum Gasteiger partial charge on any atom is 0.0652 e. The number of nitrogens with zero attached hydrogens (tertiary/aromatic N) is 3. The third kappa shape index (κ3) is 7.51. The Morgan fingerprint density at radius 2 is 0.630 bits per heavy atom. The molecule has 0 spiro atoms. The van der Waals surface area contributed by atoms with E-state index in [0.717, 1.165) is 45.1 Å². The maximum atomic E-state index is 4.88. The average molecular weight is 598 g/mol. The Bertz CT molecular complexity index is 1820. The fraction of sp³-hybridized carbons (Fsp3) is 0.0930. The summed E-state index contributed by atoms with van der Waals surface area (Å²) >= 11 is 0. The molecule has 6 aromatic rings. The van der Waals surface area contributed by atoms with Gasteiger partial charge in [-0.2, -0.15) is 5.10 Å². The minimum atomic E-state index is 1.03. The zero-order chi connectivity index (χ0) is 31.9. The van der Waals surface area contributed by atoms with Gasteiger partial charge in [0, 0.05) is 17.1 Å². The van der Waals surface area contributed by atoms with Crippen molar-refractivity contribution in [2.45, 2.75) is 27.7 Å². The molecule has 0 aliphatic heterocycles. The molecule has 0 atom stereocenters. The average Bonchev–Trinajstić information content (AvgIpc) is 3.08. The summed E-state index contributed by atoms with van der Waals surface area (Å²) in [4.78, 5) is 2.30. The number of benzene rings is 6. The predicted molar refractivity (Wildman–Crippen MR) is 198 cm³/mol. The van der Waals surface area contributed by atoms with Crippen LogP contribution < -0.4 is 9.91 Å². The van der Waals surface area contributed by atoms with E-state index < -0.39 is 0 Å². The van der Waals surface area contributed by atoms with Gasteiger partial charge in [0.25, 0.3) is 0 Å². The van der Waals surface area contributed by atoms with E-state index in [1.54, 1.807) is 0 Å². The van der Waals surface area contributed by atoms with Gasteiger partial charge in [0.2, 0.25) is 0 Å². The van der Waals surface area contributed by atoms with E-state index in [-0.39, 0.29) is 0 Å². The highest BCUT2D eigenvalue weighted by Gasteiger charge is 2.12. The van der Waals surface area contributed by atoms with Gasteiger partial charge in [-0.15, -0.1) is 0 Å². The summed E-state index contributed by atoms with van der Waals surface area (Å²) in [5, 5.41) is 6.86. The van der Waals surface area contributed by atoms with E-state index in [4.69, 9.17) is 5.10 Å². The molecule has 3 nitrogen and oxygen atoms in total. The Kier molecular flexibility index (Phi) is 9.22. The lowest BCUT2D eigenvalue weighted by molar-refractivity contribution is 1.09. The van der Waals surface area contributed by atoms with Crippen LogP contribution in [0.4, 0.5) is 28.4 Å². The highest BCUT2D eigenvalue weighted by Crippen LogP contribution is 2.35. The van der Waals surface area contributed by atoms with Gasteiger partial charge in [0.15, 0.2) is 0 Å². The fourth-order valence-corrected chi connectivity index (χ4v) is 5.23. The quantitative estimate of drug-likeness (QED) is 0.0938. The first-order chi connectivity index (χ1) is 22.4. The second kappa shape index (κ2) is 14.0. The highest BCUT2D eigenvalue weighted by atomic mass is 15.5. The Morgan fingerprint density at radius 1 is 0.348 bits per heavy atom. The molecule has 0 amide bonds. The van der Waals surface area contributed by atoms with Crippen molar-refractivity contribution in [1.82, 2.24) is 0 Å². The molecule has 226 valence electrons. The molecule has 0 aliphatic rings. The van der Waals surface area contributed by atoms with Crippen molar-refractivity contribution in [3.63, 3.8) is 0 Å². The minimum Gasteiger partial charge on any atom is -0.311 e. The summed E-state index contributed by atoms with van der Waals surface area (Å²) in [6, 6.07) is 51.5. The van der Waals surface area contributed by atoms with E-state index >= 15 is 0 Å². The Morgan fingerprint density at radius 3 is 1.00 bits per heavy atom. The first kappa shape index (κ1) is 30.4. The zero-order valence-electron chi connectivity index (χ0n) is 26.9. The lowest BCUT2D eigenvalue weighted by Gasteiger charge is -2.25. The van der Waals surface area contributed by atoms with Crippen LogP contribution in [-0.2, 0) is 0 Å². The molecule has 0 unspecified atom stereocenters. The summed E-state index contributed by atoms with van der Waals surface area (Å²) in [7, 11) is 0. The fourth-order valence-electron chi connectivity index (χ4n) is 5.23. The minimum absolute atomic E-state index is 1.03. The summed E-state index contributed by atoms with van der Waals surface area (Å²) in [6.45, 7) is 8.44. The molecule has 0 saturated heterocycles. The van der Waals surface area contributed by atoms with Gasteiger partial charge in [-0.1, -0.05) is 119 Å². The SMILES string of the molecule is Cc1ccc(N(/N=C/c2ccc(/C=C/c3ccc(N(c4ccc(C)cc4)c4ccc(C)cc4)cc3)cc2)c2ccc(C)cc2)cc1. The topological polar surface area (TPSA) is 18.8 Å². The van der Waals surface area contributed by atoms with Crippen LogP contribution in [0, 0.1) is 27.7 Å². The smallest absolute Gasteiger partial charge is 0.0652 e. The van der Waals surface area contributed by atoms with Gasteiger partial charge in [0.1, 0.15) is 0 Å². The number of anilines is 5. The molecule has 0 saturated carbocycles. The van der Waals surface area contributed by atoms with Crippen LogP contribution in [0.5, 0.6) is 0 Å². The van der Waals surface area contributed by atoms with E-state index in [9.17, 15) is 0 Å². The van der Waals surface area contributed by atoms with Gasteiger partial charge in [-0.3, -0.25) is 0 Å². The highest BCUT2D eigenvalue weighted by molar-refractivity contribution is 5.83. The molecule has 0 aromatic heterocycles. The third-order valence-corrected chi connectivity index (χ3v) is 8.02. The van der Waals surface area contributed by atoms with Crippen molar-refractivity contribution in [2.75, 3.05) is 9.91 Å². The standard InChI is InChI=1S/C43H39N3/c1-32-5-21-39(22-6-32)45(40-23-7-33(2)8-24-40)41-29-19-37(20-30-41)14-13-36-15-17-38(18-16-36)31-44-46(42-25-9-34(3)10-26-42)43-27-11-35(4)12-28-43/h5-31H,1-4H3/b14-13+,44-31+. The van der Waals surface area contributed by atoms with E-state index in [1.165, 1.54) is 22.3 Å². The summed E-state index contributed by atoms with van der Waals surface area (Å²) in [5.74, 6) is 0. The van der Waals surface area contributed by atoms with Crippen LogP contribution in [-0.4, -0.2) is 6.21 Å². The van der Waals surface area contributed by atoms with Crippen LogP contribution in [0.1, 0.15) is 38.9 Å². The molecule has 0 heterocycles. The van der Waals surface area contributed by atoms with Gasteiger partial charge >= 0.3 is 0 Å². The molecular formula is C43H39N3. The molecule has 0 radical (unpaired) electrons. The van der Waals surface area contributed by atoms with Gasteiger partial charge in [0.05, 0.1) is 17.6 Å². The molecule has 3 heteroatoms. The van der Waals surface area contributed by atoms with Crippen molar-refractivity contribution in [3.05, 3.63) is 185 Å². The lowest BCUT2D eigenvalue weighted by atomic mass is 10.1. The van der Waals surface area contributed by atoms with Crippen molar-refractivity contribution in [3.8, 4) is 0 Å². The van der Waals surface area contributed by atoms with Crippen LogP contribution in [0.25, 0.3) is 12.2 Å². The molecule has 0 N–H and O–H groups in total. The first-order valence-corrected chi connectivity index (χ1v) is 15.7. The predicted octanol–water partition coefficient (Wildman–Crippen LogP) is 11.7. The number of hydrogen-bond acceptors (Lipinski definition) is 3. The van der Waals surface area contributed by atoms with Crippen molar-refractivity contribution >= 4 is 46.8 Å².